The summed E-state index contributed by atoms with van der Waals surface area (Å²) in [5, 5.41) is 10.9. The Morgan fingerprint density at radius 1 is 1.56 bits per heavy atom. The molecule has 1 rings (SSSR count). The fourth-order valence-corrected chi connectivity index (χ4v) is 1.62. The van der Waals surface area contributed by atoms with Crippen LogP contribution in [0.1, 0.15) is 39.7 Å². The predicted molar refractivity (Wildman–Crippen MR) is 55.0 cm³/mol. The Morgan fingerprint density at radius 3 is 2.56 bits per heavy atom. The molecule has 84 valence electrons. The summed E-state index contributed by atoms with van der Waals surface area (Å²) in [4.78, 5) is 14.9. The fraction of sp³-hybridized carbons (Fsp3) is 0.636. The minimum absolute atomic E-state index is 0. The van der Waals surface area contributed by atoms with Crippen LogP contribution in [0.3, 0.4) is 0 Å². The molecule has 0 fully saturated rings. The van der Waals surface area contributed by atoms with Crippen LogP contribution in [0, 0.1) is 5.41 Å². The molecule has 0 aliphatic carbocycles. The molecule has 0 N–H and O–H groups in total. The molecule has 4 nitrogen and oxygen atoms in total. The molecule has 1 aromatic heterocycles. The first-order valence-electron chi connectivity index (χ1n) is 5.16. The largest absolute Gasteiger partial charge is 1.00 e. The number of carboxylic acids is 1. The zero-order valence-electron chi connectivity index (χ0n) is 10.4. The van der Waals surface area contributed by atoms with Crippen molar-refractivity contribution < 1.29 is 61.3 Å². The van der Waals surface area contributed by atoms with E-state index in [0.717, 1.165) is 6.42 Å². The zero-order chi connectivity index (χ0) is 11.5. The third-order valence-electron chi connectivity index (χ3n) is 2.72. The van der Waals surface area contributed by atoms with Crippen molar-refractivity contribution in [1.82, 2.24) is 9.55 Å². The molecule has 0 saturated carbocycles. The number of aromatic nitrogens is 2. The molecular weight excluding hydrogens is 231 g/mol. The van der Waals surface area contributed by atoms with Gasteiger partial charge in [-0.25, -0.2) is 4.98 Å². The van der Waals surface area contributed by atoms with Gasteiger partial charge in [-0.3, -0.25) is 0 Å². The summed E-state index contributed by atoms with van der Waals surface area (Å²) in [6.07, 6.45) is 6.73. The summed E-state index contributed by atoms with van der Waals surface area (Å²) in [7, 11) is 0. The molecule has 1 aromatic rings. The molecule has 1 unspecified atom stereocenters. The maximum Gasteiger partial charge on any atom is 1.00 e. The Hall–Kier alpha value is 0.316. The number of rotatable bonds is 5. The molecule has 0 radical (unpaired) electrons. The summed E-state index contributed by atoms with van der Waals surface area (Å²) in [5.41, 5.74) is -0.801. The van der Waals surface area contributed by atoms with E-state index < -0.39 is 11.4 Å². The Balaban J connectivity index is 0.00000225. The normalized spacial score (nSPS) is 12.9. The smallest absolute Gasteiger partial charge is 0.550 e. The van der Waals surface area contributed by atoms with Gasteiger partial charge in [0.05, 0.1) is 6.33 Å². The number of carboxylic acid groups (broad SMARTS) is 1. The van der Waals surface area contributed by atoms with E-state index in [9.17, 15) is 9.90 Å². The fourth-order valence-electron chi connectivity index (χ4n) is 1.62. The number of carbonyl (C=O) groups is 1. The zero-order valence-corrected chi connectivity index (χ0v) is 13.6. The van der Waals surface area contributed by atoms with Crippen LogP contribution in [-0.4, -0.2) is 15.5 Å². The van der Waals surface area contributed by atoms with Crippen LogP contribution in [0.4, 0.5) is 0 Å². The summed E-state index contributed by atoms with van der Waals surface area (Å²) >= 11 is 0. The van der Waals surface area contributed by atoms with Crippen molar-refractivity contribution in [3.63, 3.8) is 0 Å². The summed E-state index contributed by atoms with van der Waals surface area (Å²) in [6, 6.07) is 0.167. The summed E-state index contributed by atoms with van der Waals surface area (Å²) < 4.78 is 1.95. The maximum absolute atomic E-state index is 10.9. The Labute approximate surface area is 139 Å². The van der Waals surface area contributed by atoms with E-state index in [1.54, 1.807) is 26.4 Å². The molecule has 0 bridgehead atoms. The van der Waals surface area contributed by atoms with Crippen LogP contribution in [-0.2, 0) is 4.79 Å². The average molecular weight is 248 g/mol. The third-order valence-corrected chi connectivity index (χ3v) is 2.72. The first-order chi connectivity index (χ1) is 6.97. The summed E-state index contributed by atoms with van der Waals surface area (Å²) in [6.45, 7) is 5.43. The number of imidazole rings is 1. The van der Waals surface area contributed by atoms with Crippen LogP contribution < -0.4 is 56.5 Å². The molecule has 1 heterocycles. The van der Waals surface area contributed by atoms with Crippen molar-refractivity contribution >= 4 is 5.97 Å². The van der Waals surface area contributed by atoms with Gasteiger partial charge in [0, 0.05) is 29.8 Å². The van der Waals surface area contributed by atoms with Crippen molar-refractivity contribution in [2.45, 2.75) is 39.7 Å². The van der Waals surface area contributed by atoms with Gasteiger partial charge >= 0.3 is 51.4 Å². The van der Waals surface area contributed by atoms with E-state index in [-0.39, 0.29) is 57.4 Å². The van der Waals surface area contributed by atoms with Crippen LogP contribution in [0.15, 0.2) is 18.7 Å². The minimum Gasteiger partial charge on any atom is -0.550 e. The minimum atomic E-state index is -0.999. The molecule has 0 amide bonds. The second kappa shape index (κ2) is 6.91. The monoisotopic (exact) mass is 248 g/mol. The molecular formula is C11H17KN2O2. The summed E-state index contributed by atoms with van der Waals surface area (Å²) in [5.74, 6) is -0.999. The van der Waals surface area contributed by atoms with E-state index in [1.165, 1.54) is 0 Å². The van der Waals surface area contributed by atoms with Crippen molar-refractivity contribution in [2.75, 3.05) is 0 Å². The van der Waals surface area contributed by atoms with Gasteiger partial charge in [-0.05, 0) is 12.8 Å². The van der Waals surface area contributed by atoms with Gasteiger partial charge in [0.1, 0.15) is 0 Å². The quantitative estimate of drug-likeness (QED) is 0.567. The van der Waals surface area contributed by atoms with Crippen LogP contribution >= 0.6 is 0 Å². The third kappa shape index (κ3) is 4.29. The molecule has 0 aromatic carbocycles. The van der Waals surface area contributed by atoms with Crippen LogP contribution in [0.2, 0.25) is 0 Å². The van der Waals surface area contributed by atoms with Crippen LogP contribution in [0.5, 0.6) is 0 Å². The standard InChI is InChI=1S/C11H18N2O2.K/c1-4-9(13-6-5-12-8-13)7-11(2,3)10(14)15;/h5-6,8-9H,4,7H2,1-3H3,(H,14,15);/q;+1/p-1. The van der Waals surface area contributed by atoms with Gasteiger partial charge in [0.2, 0.25) is 0 Å². The second-order valence-electron chi connectivity index (χ2n) is 4.45. The average Bonchev–Trinajstić information content (AvgIpc) is 2.66. The van der Waals surface area contributed by atoms with Crippen molar-refractivity contribution in [1.29, 1.82) is 0 Å². The first kappa shape index (κ1) is 16.3. The van der Waals surface area contributed by atoms with Crippen molar-refractivity contribution in [2.24, 2.45) is 5.41 Å². The Kier molecular flexibility index (Phi) is 7.05. The van der Waals surface area contributed by atoms with Gasteiger partial charge in [-0.1, -0.05) is 20.8 Å². The van der Waals surface area contributed by atoms with E-state index in [2.05, 4.69) is 4.98 Å². The Morgan fingerprint density at radius 2 is 2.19 bits per heavy atom. The van der Waals surface area contributed by atoms with Gasteiger partial charge < -0.3 is 14.5 Å². The van der Waals surface area contributed by atoms with Gasteiger partial charge in [0.15, 0.2) is 0 Å². The van der Waals surface area contributed by atoms with E-state index in [1.807, 2.05) is 17.7 Å². The van der Waals surface area contributed by atoms with Gasteiger partial charge in [-0.15, -0.1) is 0 Å². The molecule has 0 aliphatic heterocycles. The number of hydrogen-bond donors (Lipinski definition) is 0. The Bertz CT molecular complexity index is 323. The number of carbonyl (C=O) groups excluding carboxylic acids is 1. The molecule has 0 spiro atoms. The number of hydrogen-bond acceptors (Lipinski definition) is 3. The second-order valence-corrected chi connectivity index (χ2v) is 4.45. The van der Waals surface area contributed by atoms with Gasteiger partial charge in [0.25, 0.3) is 0 Å². The van der Waals surface area contributed by atoms with Crippen LogP contribution in [0.25, 0.3) is 0 Å². The molecule has 1 atom stereocenters. The SMILES string of the molecule is CCC(CC(C)(C)C(=O)[O-])n1ccnc1.[K+]. The van der Waals surface area contributed by atoms with Crippen molar-refractivity contribution in [3.05, 3.63) is 18.7 Å². The van der Waals surface area contributed by atoms with Crippen molar-refractivity contribution in [3.8, 4) is 0 Å². The van der Waals surface area contributed by atoms with Gasteiger partial charge in [-0.2, -0.15) is 0 Å². The van der Waals surface area contributed by atoms with E-state index >= 15 is 0 Å². The van der Waals surface area contributed by atoms with E-state index in [4.69, 9.17) is 0 Å². The molecule has 16 heavy (non-hydrogen) atoms. The molecule has 5 heteroatoms. The molecule has 0 saturated heterocycles. The first-order valence-corrected chi connectivity index (χ1v) is 5.16. The predicted octanol–water partition coefficient (Wildman–Crippen LogP) is -2.00. The maximum atomic E-state index is 10.9. The number of nitrogens with zero attached hydrogens (tertiary/aromatic N) is 2. The number of aliphatic carboxylic acids is 1. The van der Waals surface area contributed by atoms with E-state index in [0.29, 0.717) is 6.42 Å². The topological polar surface area (TPSA) is 57.9 Å². The molecule has 0 aliphatic rings.